The average molecular weight is 490 g/mol. The van der Waals surface area contributed by atoms with Crippen molar-refractivity contribution in [2.24, 2.45) is 16.6 Å². The number of anilines is 1. The van der Waals surface area contributed by atoms with Crippen LogP contribution in [0.3, 0.4) is 0 Å². The normalized spacial score (nSPS) is 17.0. The van der Waals surface area contributed by atoms with Crippen molar-refractivity contribution >= 4 is 35.6 Å². The number of halogens is 1. The molecule has 0 spiro atoms. The molecule has 1 aliphatic rings. The smallest absolute Gasteiger partial charge is 0.193 e. The number of ether oxygens (including phenoxy) is 2. The number of methoxy groups -OCH3 is 2. The van der Waals surface area contributed by atoms with Crippen LogP contribution in [-0.4, -0.2) is 50.8 Å². The van der Waals surface area contributed by atoms with Gasteiger partial charge in [-0.3, -0.25) is 9.89 Å². The van der Waals surface area contributed by atoms with E-state index in [1.54, 1.807) is 14.2 Å². The molecule has 27 heavy (non-hydrogen) atoms. The molecule has 0 amide bonds. The zero-order valence-electron chi connectivity index (χ0n) is 17.0. The summed E-state index contributed by atoms with van der Waals surface area (Å²) in [4.78, 5) is 7.21. The molecular weight excluding hydrogens is 455 g/mol. The van der Waals surface area contributed by atoms with Crippen LogP contribution in [0.15, 0.2) is 23.2 Å². The van der Waals surface area contributed by atoms with Gasteiger partial charge >= 0.3 is 0 Å². The Morgan fingerprint density at radius 1 is 1.15 bits per heavy atom. The van der Waals surface area contributed by atoms with Crippen molar-refractivity contribution < 1.29 is 9.47 Å². The van der Waals surface area contributed by atoms with Gasteiger partial charge in [-0.1, -0.05) is 26.7 Å². The van der Waals surface area contributed by atoms with Gasteiger partial charge in [0.15, 0.2) is 5.96 Å². The molecule has 1 aromatic rings. The van der Waals surface area contributed by atoms with Gasteiger partial charge in [0.05, 0.1) is 26.5 Å². The number of hydrogen-bond donors (Lipinski definition) is 2. The van der Waals surface area contributed by atoms with Crippen LogP contribution in [0, 0.1) is 5.92 Å². The molecule has 1 fully saturated rings. The Morgan fingerprint density at radius 3 is 2.37 bits per heavy atom. The Hall–Kier alpha value is -1.22. The minimum Gasteiger partial charge on any atom is -0.497 e. The first kappa shape index (κ1) is 23.8. The van der Waals surface area contributed by atoms with Crippen molar-refractivity contribution in [1.82, 2.24) is 4.90 Å². The number of nitrogens with zero attached hydrogens (tertiary/aromatic N) is 2. The monoisotopic (exact) mass is 490 g/mol. The zero-order chi connectivity index (χ0) is 18.9. The highest BCUT2D eigenvalue weighted by atomic mass is 127. The van der Waals surface area contributed by atoms with Crippen LogP contribution >= 0.6 is 24.0 Å². The Kier molecular flexibility index (Phi) is 10.8. The van der Waals surface area contributed by atoms with Gasteiger partial charge in [0.2, 0.25) is 0 Å². The van der Waals surface area contributed by atoms with Gasteiger partial charge in [-0.2, -0.15) is 0 Å². The second kappa shape index (κ2) is 12.3. The first-order valence-electron chi connectivity index (χ1n) is 9.58. The Morgan fingerprint density at radius 2 is 1.81 bits per heavy atom. The zero-order valence-corrected chi connectivity index (χ0v) is 19.4. The third-order valence-electron chi connectivity index (χ3n) is 5.00. The van der Waals surface area contributed by atoms with E-state index in [2.05, 4.69) is 29.1 Å². The van der Waals surface area contributed by atoms with Gasteiger partial charge in [-0.05, 0) is 44.0 Å². The lowest BCUT2D eigenvalue weighted by molar-refractivity contribution is 0.166. The van der Waals surface area contributed by atoms with Gasteiger partial charge in [0.25, 0.3) is 0 Å². The summed E-state index contributed by atoms with van der Waals surface area (Å²) in [5, 5.41) is 3.15. The minimum absolute atomic E-state index is 0. The standard InChI is InChI=1S/C20H34N4O2.HI/c1-15(2)18(24-11-7-5-6-8-12-24)14-22-20(21)23-17-13-16(25-3)9-10-19(17)26-4;/h9-10,13,15,18H,5-8,11-12,14H2,1-4H3,(H3,21,22,23);1H. The maximum absolute atomic E-state index is 6.15. The van der Waals surface area contributed by atoms with E-state index in [0.29, 0.717) is 30.2 Å². The number of likely N-dealkylation sites (tertiary alicyclic amines) is 1. The van der Waals surface area contributed by atoms with E-state index in [0.717, 1.165) is 24.5 Å². The molecule has 0 aromatic heterocycles. The fourth-order valence-electron chi connectivity index (χ4n) is 3.46. The molecule has 0 bridgehead atoms. The predicted molar refractivity (Wildman–Crippen MR) is 124 cm³/mol. The molecule has 0 radical (unpaired) electrons. The second-order valence-corrected chi connectivity index (χ2v) is 7.18. The molecule has 0 saturated carbocycles. The summed E-state index contributed by atoms with van der Waals surface area (Å²) in [6.07, 6.45) is 5.23. The lowest BCUT2D eigenvalue weighted by Gasteiger charge is -2.32. The van der Waals surface area contributed by atoms with Crippen LogP contribution in [0.4, 0.5) is 5.69 Å². The van der Waals surface area contributed by atoms with Crippen LogP contribution in [0.25, 0.3) is 0 Å². The van der Waals surface area contributed by atoms with E-state index < -0.39 is 0 Å². The summed E-state index contributed by atoms with van der Waals surface area (Å²) in [5.41, 5.74) is 6.91. The molecule has 3 N–H and O–H groups in total. The minimum atomic E-state index is 0. The Balaban J connectivity index is 0.00000364. The van der Waals surface area contributed by atoms with Crippen LogP contribution in [0.1, 0.15) is 39.5 Å². The second-order valence-electron chi connectivity index (χ2n) is 7.18. The van der Waals surface area contributed by atoms with Crippen molar-refractivity contribution in [3.05, 3.63) is 18.2 Å². The van der Waals surface area contributed by atoms with Crippen molar-refractivity contribution in [3.63, 3.8) is 0 Å². The number of nitrogens with two attached hydrogens (primary N) is 1. The molecule has 0 aliphatic carbocycles. The van der Waals surface area contributed by atoms with Gasteiger partial charge < -0.3 is 20.5 Å². The maximum atomic E-state index is 6.15. The highest BCUT2D eigenvalue weighted by Crippen LogP contribution is 2.28. The Labute approximate surface area is 180 Å². The van der Waals surface area contributed by atoms with Crippen LogP contribution < -0.4 is 20.5 Å². The first-order valence-corrected chi connectivity index (χ1v) is 9.58. The maximum Gasteiger partial charge on any atom is 0.193 e. The van der Waals surface area contributed by atoms with Gasteiger partial charge in [-0.15, -0.1) is 24.0 Å². The SMILES string of the molecule is COc1ccc(OC)c(NC(N)=NCC(C(C)C)N2CCCCCC2)c1.I. The van der Waals surface area contributed by atoms with Crippen molar-refractivity contribution in [1.29, 1.82) is 0 Å². The molecule has 1 atom stereocenters. The van der Waals surface area contributed by atoms with E-state index in [-0.39, 0.29) is 24.0 Å². The van der Waals surface area contributed by atoms with Crippen molar-refractivity contribution in [2.45, 2.75) is 45.6 Å². The number of benzene rings is 1. The van der Waals surface area contributed by atoms with E-state index >= 15 is 0 Å². The number of hydrogen-bond acceptors (Lipinski definition) is 4. The number of nitrogens with one attached hydrogen (secondary N) is 1. The number of aliphatic imine (C=N–C) groups is 1. The largest absolute Gasteiger partial charge is 0.497 e. The average Bonchev–Trinajstić information content (AvgIpc) is 2.91. The van der Waals surface area contributed by atoms with Gasteiger partial charge in [0.1, 0.15) is 11.5 Å². The molecule has 1 saturated heterocycles. The molecule has 1 aromatic carbocycles. The molecular formula is C20H35IN4O2. The summed E-state index contributed by atoms with van der Waals surface area (Å²) in [6.45, 7) is 7.55. The number of rotatable bonds is 7. The third-order valence-corrected chi connectivity index (χ3v) is 5.00. The summed E-state index contributed by atoms with van der Waals surface area (Å²) in [6, 6.07) is 5.98. The summed E-state index contributed by atoms with van der Waals surface area (Å²) >= 11 is 0. The van der Waals surface area contributed by atoms with Crippen LogP contribution in [-0.2, 0) is 0 Å². The molecule has 1 unspecified atom stereocenters. The molecule has 7 heteroatoms. The van der Waals surface area contributed by atoms with Crippen LogP contribution in [0.2, 0.25) is 0 Å². The molecule has 2 rings (SSSR count). The fraction of sp³-hybridized carbons (Fsp3) is 0.650. The van der Waals surface area contributed by atoms with Crippen molar-refractivity contribution in [3.8, 4) is 11.5 Å². The highest BCUT2D eigenvalue weighted by Gasteiger charge is 2.22. The fourth-order valence-corrected chi connectivity index (χ4v) is 3.46. The molecule has 154 valence electrons. The summed E-state index contributed by atoms with van der Waals surface area (Å²) < 4.78 is 10.7. The quantitative estimate of drug-likeness (QED) is 0.344. The topological polar surface area (TPSA) is 72.1 Å². The van der Waals surface area contributed by atoms with Gasteiger partial charge in [0, 0.05) is 12.1 Å². The highest BCUT2D eigenvalue weighted by molar-refractivity contribution is 14.0. The van der Waals surface area contributed by atoms with Crippen LogP contribution in [0.5, 0.6) is 11.5 Å². The summed E-state index contributed by atoms with van der Waals surface area (Å²) in [7, 11) is 3.27. The lowest BCUT2D eigenvalue weighted by Crippen LogP contribution is -2.42. The van der Waals surface area contributed by atoms with E-state index in [1.165, 1.54) is 25.7 Å². The Bertz CT molecular complexity index is 587. The molecule has 1 heterocycles. The van der Waals surface area contributed by atoms with E-state index in [4.69, 9.17) is 15.2 Å². The molecule has 6 nitrogen and oxygen atoms in total. The van der Waals surface area contributed by atoms with E-state index in [9.17, 15) is 0 Å². The number of guanidine groups is 1. The van der Waals surface area contributed by atoms with Crippen molar-refractivity contribution in [2.75, 3.05) is 39.2 Å². The predicted octanol–water partition coefficient (Wildman–Crippen LogP) is 3.95. The third kappa shape index (κ3) is 7.37. The summed E-state index contributed by atoms with van der Waals surface area (Å²) in [5.74, 6) is 2.38. The first-order chi connectivity index (χ1) is 12.5. The van der Waals surface area contributed by atoms with E-state index in [1.807, 2.05) is 18.2 Å². The molecule has 1 aliphatic heterocycles. The van der Waals surface area contributed by atoms with Gasteiger partial charge in [-0.25, -0.2) is 0 Å². The lowest BCUT2D eigenvalue weighted by atomic mass is 10.0.